The standard InChI is InChI=1S/C21H26N4O5/c26-19(13-23-21(28)18-7-4-10-30-18)22-14-20(27)24-17(16-5-2-1-3-6-16)15-25-8-11-29-12-9-25/h1-7,10,17H,8-9,11-15H2,(H,22,26)(H,23,28)(H,24,27)/t17-/m1/s1. The molecule has 1 aliphatic rings. The molecule has 0 bridgehead atoms. The Hall–Kier alpha value is -3.17. The zero-order chi connectivity index (χ0) is 21.2. The molecular formula is C21H26N4O5. The molecular weight excluding hydrogens is 388 g/mol. The van der Waals surface area contributed by atoms with Gasteiger partial charge in [0.05, 0.1) is 38.6 Å². The minimum Gasteiger partial charge on any atom is -0.459 e. The van der Waals surface area contributed by atoms with Crippen LogP contribution in [0.15, 0.2) is 53.1 Å². The molecule has 0 aliphatic carbocycles. The van der Waals surface area contributed by atoms with Crippen molar-refractivity contribution in [1.82, 2.24) is 20.9 Å². The van der Waals surface area contributed by atoms with Gasteiger partial charge in [0.1, 0.15) is 0 Å². The van der Waals surface area contributed by atoms with Crippen LogP contribution in [-0.2, 0) is 14.3 Å². The maximum Gasteiger partial charge on any atom is 0.287 e. The van der Waals surface area contributed by atoms with Crippen molar-refractivity contribution < 1.29 is 23.5 Å². The molecule has 3 amide bonds. The second-order valence-corrected chi connectivity index (χ2v) is 6.88. The van der Waals surface area contributed by atoms with Gasteiger partial charge in [-0.1, -0.05) is 30.3 Å². The van der Waals surface area contributed by atoms with E-state index in [1.807, 2.05) is 30.3 Å². The third kappa shape index (κ3) is 6.71. The number of rotatable bonds is 9. The van der Waals surface area contributed by atoms with Gasteiger partial charge in [-0.15, -0.1) is 0 Å². The fourth-order valence-electron chi connectivity index (χ4n) is 3.10. The van der Waals surface area contributed by atoms with Crippen molar-refractivity contribution in [3.8, 4) is 0 Å². The molecule has 160 valence electrons. The molecule has 1 fully saturated rings. The normalized spacial score (nSPS) is 15.2. The molecule has 30 heavy (non-hydrogen) atoms. The van der Waals surface area contributed by atoms with Gasteiger partial charge in [0.2, 0.25) is 11.8 Å². The highest BCUT2D eigenvalue weighted by Crippen LogP contribution is 2.15. The van der Waals surface area contributed by atoms with Crippen molar-refractivity contribution in [2.24, 2.45) is 0 Å². The van der Waals surface area contributed by atoms with E-state index in [1.165, 1.54) is 12.3 Å². The third-order valence-corrected chi connectivity index (χ3v) is 4.68. The molecule has 3 N–H and O–H groups in total. The number of ether oxygens (including phenoxy) is 1. The van der Waals surface area contributed by atoms with E-state index in [4.69, 9.17) is 9.15 Å². The molecule has 1 saturated heterocycles. The summed E-state index contributed by atoms with van der Waals surface area (Å²) in [5.74, 6) is -1.14. The van der Waals surface area contributed by atoms with Crippen LogP contribution in [0.2, 0.25) is 0 Å². The lowest BCUT2D eigenvalue weighted by Crippen LogP contribution is -2.46. The van der Waals surface area contributed by atoms with Crippen LogP contribution in [0, 0.1) is 0 Å². The molecule has 2 heterocycles. The van der Waals surface area contributed by atoms with E-state index in [0.29, 0.717) is 19.8 Å². The number of nitrogens with one attached hydrogen (secondary N) is 3. The predicted octanol–water partition coefficient (Wildman–Crippen LogP) is 0.315. The summed E-state index contributed by atoms with van der Waals surface area (Å²) in [6.07, 6.45) is 1.37. The van der Waals surface area contributed by atoms with Crippen LogP contribution in [0.1, 0.15) is 22.2 Å². The van der Waals surface area contributed by atoms with E-state index in [9.17, 15) is 14.4 Å². The summed E-state index contributed by atoms with van der Waals surface area (Å²) in [4.78, 5) is 38.4. The largest absolute Gasteiger partial charge is 0.459 e. The van der Waals surface area contributed by atoms with Crippen molar-refractivity contribution in [1.29, 1.82) is 0 Å². The molecule has 1 aromatic carbocycles. The zero-order valence-corrected chi connectivity index (χ0v) is 16.6. The number of morpholine rings is 1. The summed E-state index contributed by atoms with van der Waals surface area (Å²) >= 11 is 0. The van der Waals surface area contributed by atoms with Gasteiger partial charge in [-0.2, -0.15) is 0 Å². The van der Waals surface area contributed by atoms with E-state index in [1.54, 1.807) is 6.07 Å². The molecule has 1 atom stereocenters. The zero-order valence-electron chi connectivity index (χ0n) is 16.6. The van der Waals surface area contributed by atoms with Gasteiger partial charge in [-0.25, -0.2) is 0 Å². The monoisotopic (exact) mass is 414 g/mol. The van der Waals surface area contributed by atoms with Gasteiger partial charge in [0.15, 0.2) is 5.76 Å². The summed E-state index contributed by atoms with van der Waals surface area (Å²) < 4.78 is 10.3. The first-order valence-corrected chi connectivity index (χ1v) is 9.84. The Labute approximate surface area is 174 Å². The number of furan rings is 1. The minimum absolute atomic E-state index is 0.120. The Bertz CT molecular complexity index is 819. The van der Waals surface area contributed by atoms with E-state index in [0.717, 1.165) is 18.7 Å². The quantitative estimate of drug-likeness (QED) is 0.545. The Balaban J connectivity index is 1.46. The first kappa shape index (κ1) is 21.5. The van der Waals surface area contributed by atoms with E-state index in [2.05, 4.69) is 20.9 Å². The maximum absolute atomic E-state index is 12.4. The predicted molar refractivity (Wildman–Crippen MR) is 109 cm³/mol. The number of benzene rings is 1. The van der Waals surface area contributed by atoms with Gasteiger partial charge in [0.25, 0.3) is 5.91 Å². The van der Waals surface area contributed by atoms with Crippen molar-refractivity contribution in [3.05, 3.63) is 60.1 Å². The van der Waals surface area contributed by atoms with Crippen molar-refractivity contribution >= 4 is 17.7 Å². The summed E-state index contributed by atoms with van der Waals surface area (Å²) in [6, 6.07) is 12.6. The average Bonchev–Trinajstić information content (AvgIpc) is 3.32. The lowest BCUT2D eigenvalue weighted by molar-refractivity contribution is -0.126. The Morgan fingerprint density at radius 3 is 2.37 bits per heavy atom. The Kier molecular flexibility index (Phi) is 7.99. The van der Waals surface area contributed by atoms with Gasteiger partial charge in [-0.05, 0) is 17.7 Å². The molecule has 3 rings (SSSR count). The second-order valence-electron chi connectivity index (χ2n) is 6.88. The van der Waals surface area contributed by atoms with Crippen LogP contribution in [-0.4, -0.2) is 68.6 Å². The number of nitrogens with zero attached hydrogens (tertiary/aromatic N) is 1. The van der Waals surface area contributed by atoms with E-state index < -0.39 is 11.8 Å². The Morgan fingerprint density at radius 1 is 0.933 bits per heavy atom. The number of amides is 3. The highest BCUT2D eigenvalue weighted by Gasteiger charge is 2.20. The van der Waals surface area contributed by atoms with Crippen LogP contribution >= 0.6 is 0 Å². The topological polar surface area (TPSA) is 113 Å². The summed E-state index contributed by atoms with van der Waals surface area (Å²) in [7, 11) is 0. The molecule has 0 radical (unpaired) electrons. The molecule has 0 saturated carbocycles. The summed E-state index contributed by atoms with van der Waals surface area (Å²) in [6.45, 7) is 3.21. The smallest absolute Gasteiger partial charge is 0.287 e. The molecule has 1 aromatic heterocycles. The van der Waals surface area contributed by atoms with Crippen LogP contribution in [0.5, 0.6) is 0 Å². The molecule has 0 unspecified atom stereocenters. The SMILES string of the molecule is O=C(CNC(=O)c1ccco1)NCC(=O)N[C@H](CN1CCOCC1)c1ccccc1. The van der Waals surface area contributed by atoms with Gasteiger partial charge >= 0.3 is 0 Å². The third-order valence-electron chi connectivity index (χ3n) is 4.68. The molecule has 9 heteroatoms. The molecule has 9 nitrogen and oxygen atoms in total. The van der Waals surface area contributed by atoms with Gasteiger partial charge in [0, 0.05) is 19.6 Å². The number of hydrogen-bond donors (Lipinski definition) is 3. The molecule has 1 aliphatic heterocycles. The number of hydrogen-bond acceptors (Lipinski definition) is 6. The fraction of sp³-hybridized carbons (Fsp3) is 0.381. The van der Waals surface area contributed by atoms with Crippen molar-refractivity contribution in [2.45, 2.75) is 6.04 Å². The average molecular weight is 414 g/mol. The van der Waals surface area contributed by atoms with Crippen LogP contribution in [0.3, 0.4) is 0 Å². The van der Waals surface area contributed by atoms with E-state index >= 15 is 0 Å². The first-order valence-electron chi connectivity index (χ1n) is 9.84. The van der Waals surface area contributed by atoms with Crippen molar-refractivity contribution in [2.75, 3.05) is 45.9 Å². The lowest BCUT2D eigenvalue weighted by atomic mass is 10.1. The fourth-order valence-corrected chi connectivity index (χ4v) is 3.10. The van der Waals surface area contributed by atoms with Gasteiger partial charge < -0.3 is 25.1 Å². The number of carbonyl (C=O) groups is 3. The summed E-state index contributed by atoms with van der Waals surface area (Å²) in [5, 5.41) is 7.93. The minimum atomic E-state index is -0.491. The lowest BCUT2D eigenvalue weighted by Gasteiger charge is -2.31. The Morgan fingerprint density at radius 2 is 1.67 bits per heavy atom. The summed E-state index contributed by atoms with van der Waals surface area (Å²) in [5.41, 5.74) is 0.995. The highest BCUT2D eigenvalue weighted by molar-refractivity contribution is 5.94. The highest BCUT2D eigenvalue weighted by atomic mass is 16.5. The number of carbonyl (C=O) groups excluding carboxylic acids is 3. The first-order chi connectivity index (χ1) is 14.6. The molecule has 0 spiro atoms. The maximum atomic E-state index is 12.4. The van der Waals surface area contributed by atoms with Crippen LogP contribution < -0.4 is 16.0 Å². The van der Waals surface area contributed by atoms with Crippen LogP contribution in [0.25, 0.3) is 0 Å². The van der Waals surface area contributed by atoms with Gasteiger partial charge in [-0.3, -0.25) is 19.3 Å². The molecule has 2 aromatic rings. The van der Waals surface area contributed by atoms with Crippen molar-refractivity contribution in [3.63, 3.8) is 0 Å². The van der Waals surface area contributed by atoms with E-state index in [-0.39, 0.29) is 30.8 Å². The second kappa shape index (κ2) is 11.1. The van der Waals surface area contributed by atoms with Crippen LogP contribution in [0.4, 0.5) is 0 Å².